The predicted molar refractivity (Wildman–Crippen MR) is 137 cm³/mol. The summed E-state index contributed by atoms with van der Waals surface area (Å²) in [6.07, 6.45) is 2.14. The standard InChI is InChI=1S/C28H29N5O4/c1-37-24-8-4-7-22-21(24)14-23(32-22)27(35)33-25(19-11-16-5-2-3-6-17(16)12-19)28(36)31-20(15-29)13-18-9-10-30-26(18)34/h2-8,14,18-20,25,32H,9-13H2,1H3,(H,30,34)(H,31,36)(H,33,35)/t18-,20?,25?/m0/s1. The lowest BCUT2D eigenvalue weighted by molar-refractivity contribution is -0.126. The Bertz CT molecular complexity index is 1370. The average Bonchev–Trinajstić information content (AvgIpc) is 3.64. The summed E-state index contributed by atoms with van der Waals surface area (Å²) in [5.41, 5.74) is 3.36. The Hall–Kier alpha value is -4.32. The van der Waals surface area contributed by atoms with Gasteiger partial charge in [0.2, 0.25) is 11.8 Å². The van der Waals surface area contributed by atoms with Crippen molar-refractivity contribution < 1.29 is 19.1 Å². The Balaban J connectivity index is 1.37. The van der Waals surface area contributed by atoms with E-state index >= 15 is 0 Å². The molecule has 37 heavy (non-hydrogen) atoms. The lowest BCUT2D eigenvalue weighted by atomic mass is 9.94. The van der Waals surface area contributed by atoms with Crippen LogP contribution in [0, 0.1) is 23.2 Å². The number of methoxy groups -OCH3 is 1. The number of nitrogens with one attached hydrogen (secondary N) is 4. The molecular formula is C28H29N5O4. The zero-order valence-electron chi connectivity index (χ0n) is 20.5. The van der Waals surface area contributed by atoms with Crippen LogP contribution < -0.4 is 20.7 Å². The summed E-state index contributed by atoms with van der Waals surface area (Å²) in [7, 11) is 1.57. The van der Waals surface area contributed by atoms with Gasteiger partial charge < -0.3 is 25.7 Å². The van der Waals surface area contributed by atoms with Crippen LogP contribution in [-0.2, 0) is 22.4 Å². The highest BCUT2D eigenvalue weighted by molar-refractivity contribution is 6.01. The van der Waals surface area contributed by atoms with Gasteiger partial charge in [-0.3, -0.25) is 14.4 Å². The molecule has 2 aromatic carbocycles. The third-order valence-corrected chi connectivity index (χ3v) is 7.37. The van der Waals surface area contributed by atoms with Crippen molar-refractivity contribution in [2.24, 2.45) is 11.8 Å². The van der Waals surface area contributed by atoms with Crippen LogP contribution in [0.2, 0.25) is 0 Å². The van der Waals surface area contributed by atoms with Crippen LogP contribution in [0.4, 0.5) is 0 Å². The lowest BCUT2D eigenvalue weighted by Gasteiger charge is -2.25. The number of aromatic nitrogens is 1. The van der Waals surface area contributed by atoms with E-state index < -0.39 is 23.9 Å². The molecular weight excluding hydrogens is 470 g/mol. The van der Waals surface area contributed by atoms with E-state index in [1.165, 1.54) is 0 Å². The molecule has 1 aliphatic carbocycles. The Morgan fingerprint density at radius 2 is 1.89 bits per heavy atom. The number of hydrogen-bond acceptors (Lipinski definition) is 5. The third kappa shape index (κ3) is 5.00. The van der Waals surface area contributed by atoms with Crippen LogP contribution in [0.3, 0.4) is 0 Å². The Morgan fingerprint density at radius 3 is 2.54 bits per heavy atom. The number of amides is 3. The molecule has 1 fully saturated rings. The molecule has 2 unspecified atom stereocenters. The van der Waals surface area contributed by atoms with Crippen molar-refractivity contribution in [3.8, 4) is 11.8 Å². The van der Waals surface area contributed by atoms with Gasteiger partial charge in [-0.15, -0.1) is 0 Å². The number of benzene rings is 2. The van der Waals surface area contributed by atoms with E-state index in [9.17, 15) is 19.6 Å². The molecule has 2 heterocycles. The quantitative estimate of drug-likeness (QED) is 0.377. The number of H-pyrrole nitrogens is 1. The smallest absolute Gasteiger partial charge is 0.268 e. The zero-order chi connectivity index (χ0) is 25.9. The van der Waals surface area contributed by atoms with E-state index in [2.05, 4.69) is 27.0 Å². The maximum atomic E-state index is 13.5. The van der Waals surface area contributed by atoms with Gasteiger partial charge in [-0.25, -0.2) is 0 Å². The number of ether oxygens (including phenoxy) is 1. The van der Waals surface area contributed by atoms with Crippen LogP contribution in [0.15, 0.2) is 48.5 Å². The molecule has 0 bridgehead atoms. The maximum Gasteiger partial charge on any atom is 0.268 e. The minimum absolute atomic E-state index is 0.0974. The number of nitrogens with zero attached hydrogens (tertiary/aromatic N) is 1. The summed E-state index contributed by atoms with van der Waals surface area (Å²) >= 11 is 0. The minimum atomic E-state index is -0.860. The lowest BCUT2D eigenvalue weighted by Crippen LogP contribution is -2.53. The highest BCUT2D eigenvalue weighted by Gasteiger charge is 2.36. The molecule has 5 rings (SSSR count). The van der Waals surface area contributed by atoms with Gasteiger partial charge in [-0.2, -0.15) is 5.26 Å². The maximum absolute atomic E-state index is 13.5. The number of hydrogen-bond donors (Lipinski definition) is 4. The van der Waals surface area contributed by atoms with Crippen molar-refractivity contribution in [3.05, 3.63) is 65.4 Å². The normalized spacial score (nSPS) is 18.5. The molecule has 2 aliphatic rings. The fourth-order valence-corrected chi connectivity index (χ4v) is 5.43. The number of nitriles is 1. The molecule has 1 saturated heterocycles. The molecule has 0 saturated carbocycles. The van der Waals surface area contributed by atoms with Gasteiger partial charge in [0, 0.05) is 23.4 Å². The first kappa shape index (κ1) is 24.4. The molecule has 3 aromatic rings. The van der Waals surface area contributed by atoms with Crippen molar-refractivity contribution in [3.63, 3.8) is 0 Å². The monoisotopic (exact) mass is 499 g/mol. The van der Waals surface area contributed by atoms with E-state index in [0.717, 1.165) is 22.0 Å². The average molecular weight is 500 g/mol. The molecule has 1 aromatic heterocycles. The van der Waals surface area contributed by atoms with Gasteiger partial charge in [0.15, 0.2) is 0 Å². The highest BCUT2D eigenvalue weighted by Crippen LogP contribution is 2.30. The van der Waals surface area contributed by atoms with Crippen LogP contribution in [-0.4, -0.2) is 48.4 Å². The topological polar surface area (TPSA) is 136 Å². The fourth-order valence-electron chi connectivity index (χ4n) is 5.43. The molecule has 9 heteroatoms. The molecule has 0 spiro atoms. The van der Waals surface area contributed by atoms with Gasteiger partial charge in [0.25, 0.3) is 5.91 Å². The Morgan fingerprint density at radius 1 is 1.14 bits per heavy atom. The van der Waals surface area contributed by atoms with E-state index in [0.29, 0.717) is 37.3 Å². The molecule has 4 N–H and O–H groups in total. The van der Waals surface area contributed by atoms with E-state index in [4.69, 9.17) is 4.74 Å². The summed E-state index contributed by atoms with van der Waals surface area (Å²) in [6, 6.07) is 15.6. The summed E-state index contributed by atoms with van der Waals surface area (Å²) in [4.78, 5) is 42.0. The van der Waals surface area contributed by atoms with Gasteiger partial charge in [0.1, 0.15) is 23.5 Å². The first-order valence-corrected chi connectivity index (χ1v) is 12.5. The Kier molecular flexibility index (Phi) is 6.82. The molecule has 3 amide bonds. The number of rotatable bonds is 8. The SMILES string of the molecule is COc1cccc2[nH]c(C(=O)NC(C(=O)NC(C#N)C[C@@H]3CCNC3=O)C3Cc4ccccc4C3)cc12. The highest BCUT2D eigenvalue weighted by atomic mass is 16.5. The second-order valence-electron chi connectivity index (χ2n) is 9.70. The first-order valence-electron chi connectivity index (χ1n) is 12.5. The van der Waals surface area contributed by atoms with Gasteiger partial charge >= 0.3 is 0 Å². The summed E-state index contributed by atoms with van der Waals surface area (Å²) in [5, 5.41) is 19.0. The second-order valence-corrected chi connectivity index (χ2v) is 9.70. The third-order valence-electron chi connectivity index (χ3n) is 7.37. The zero-order valence-corrected chi connectivity index (χ0v) is 20.5. The summed E-state index contributed by atoms with van der Waals surface area (Å²) in [6.45, 7) is 0.573. The minimum Gasteiger partial charge on any atom is -0.496 e. The second kappa shape index (κ2) is 10.3. The van der Waals surface area contributed by atoms with E-state index in [1.807, 2.05) is 42.5 Å². The molecule has 0 radical (unpaired) electrons. The van der Waals surface area contributed by atoms with Crippen molar-refractivity contribution >= 4 is 28.6 Å². The predicted octanol–water partition coefficient (Wildman–Crippen LogP) is 2.22. The van der Waals surface area contributed by atoms with Gasteiger partial charge in [-0.1, -0.05) is 30.3 Å². The Labute approximate surface area is 214 Å². The number of aromatic amines is 1. The molecule has 1 aliphatic heterocycles. The van der Waals surface area contributed by atoms with Crippen LogP contribution in [0.25, 0.3) is 10.9 Å². The van der Waals surface area contributed by atoms with Gasteiger partial charge in [-0.05, 0) is 60.9 Å². The summed E-state index contributed by atoms with van der Waals surface area (Å²) in [5.74, 6) is -0.784. The van der Waals surface area contributed by atoms with Crippen LogP contribution in [0.5, 0.6) is 5.75 Å². The largest absolute Gasteiger partial charge is 0.496 e. The molecule has 3 atom stereocenters. The van der Waals surface area contributed by atoms with Crippen molar-refractivity contribution in [2.45, 2.75) is 37.8 Å². The summed E-state index contributed by atoms with van der Waals surface area (Å²) < 4.78 is 5.40. The van der Waals surface area contributed by atoms with Crippen LogP contribution in [0.1, 0.15) is 34.5 Å². The number of carbonyl (C=O) groups is 3. The number of carbonyl (C=O) groups excluding carboxylic acids is 3. The first-order chi connectivity index (χ1) is 18.0. The van der Waals surface area contributed by atoms with E-state index in [-0.39, 0.29) is 24.2 Å². The van der Waals surface area contributed by atoms with Crippen LogP contribution >= 0.6 is 0 Å². The molecule has 190 valence electrons. The fraction of sp³-hybridized carbons (Fsp3) is 0.357. The van der Waals surface area contributed by atoms with Gasteiger partial charge in [0.05, 0.1) is 13.2 Å². The van der Waals surface area contributed by atoms with E-state index in [1.54, 1.807) is 13.2 Å². The molecule has 9 nitrogen and oxygen atoms in total. The van der Waals surface area contributed by atoms with Crippen molar-refractivity contribution in [1.82, 2.24) is 20.9 Å². The van der Waals surface area contributed by atoms with Crippen molar-refractivity contribution in [1.29, 1.82) is 5.26 Å². The van der Waals surface area contributed by atoms with Crippen molar-refractivity contribution in [2.75, 3.05) is 13.7 Å². The number of fused-ring (bicyclic) bond motifs is 2.